The number of halogens is 1. The van der Waals surface area contributed by atoms with Crippen LogP contribution >= 0.6 is 0 Å². The Hall–Kier alpha value is -2.17. The zero-order valence-corrected chi connectivity index (χ0v) is 15.7. The summed E-state index contributed by atoms with van der Waals surface area (Å²) in [6.07, 6.45) is 7.76. The molecule has 0 spiro atoms. The van der Waals surface area contributed by atoms with Crippen molar-refractivity contribution in [2.24, 2.45) is 0 Å². The fourth-order valence-corrected chi connectivity index (χ4v) is 3.27. The van der Waals surface area contributed by atoms with E-state index in [-0.39, 0.29) is 11.9 Å². The molecule has 2 aromatic carbocycles. The molecule has 0 aliphatic carbocycles. The lowest BCUT2D eigenvalue weighted by Crippen LogP contribution is -2.36. The van der Waals surface area contributed by atoms with Crippen LogP contribution in [-0.2, 0) is 0 Å². The predicted molar refractivity (Wildman–Crippen MR) is 108 cm³/mol. The van der Waals surface area contributed by atoms with E-state index in [9.17, 15) is 9.50 Å². The molecule has 2 aromatic rings. The highest BCUT2D eigenvalue weighted by Crippen LogP contribution is 2.21. The van der Waals surface area contributed by atoms with Crippen LogP contribution in [0.3, 0.4) is 0 Å². The van der Waals surface area contributed by atoms with Gasteiger partial charge < -0.3 is 14.7 Å². The van der Waals surface area contributed by atoms with Gasteiger partial charge in [0.05, 0.1) is 12.7 Å². The Morgan fingerprint density at radius 2 is 1.74 bits per heavy atom. The molecule has 0 saturated carbocycles. The molecule has 1 saturated heterocycles. The first kappa shape index (κ1) is 19.6. The Morgan fingerprint density at radius 3 is 2.52 bits per heavy atom. The topological polar surface area (TPSA) is 32.7 Å². The number of ether oxygens (including phenoxy) is 1. The quantitative estimate of drug-likeness (QED) is 0.545. The molecule has 0 amide bonds. The Kier molecular flexibility index (Phi) is 7.43. The van der Waals surface area contributed by atoms with Gasteiger partial charge in [0.1, 0.15) is 11.6 Å². The number of aliphatic hydroxyl groups is 1. The third kappa shape index (κ3) is 6.49. The van der Waals surface area contributed by atoms with Crippen molar-refractivity contribution in [3.63, 3.8) is 0 Å². The second kappa shape index (κ2) is 10.2. The number of nitrogens with zero attached hydrogens (tertiary/aromatic N) is 1. The number of likely N-dealkylation sites (tertiary alicyclic amines) is 1. The van der Waals surface area contributed by atoms with Crippen molar-refractivity contribution in [3.8, 4) is 5.75 Å². The summed E-state index contributed by atoms with van der Waals surface area (Å²) in [5, 5.41) is 9.55. The summed E-state index contributed by atoms with van der Waals surface area (Å²) in [6.45, 7) is 3.76. The third-order valence-electron chi connectivity index (χ3n) is 4.93. The molecule has 1 heterocycles. The molecule has 4 heteroatoms. The molecule has 0 atom stereocenters. The molecule has 1 N–H and O–H groups in total. The SMILES string of the molecule is OC1CCN(CCCCOc2ccccc2/C=C/c2ccc(F)cc2)CC1. The van der Waals surface area contributed by atoms with E-state index in [1.54, 1.807) is 12.1 Å². The summed E-state index contributed by atoms with van der Waals surface area (Å²) in [5.74, 6) is 0.647. The van der Waals surface area contributed by atoms with Gasteiger partial charge in [0.2, 0.25) is 0 Å². The highest BCUT2D eigenvalue weighted by Gasteiger charge is 2.15. The number of aliphatic hydroxyl groups excluding tert-OH is 1. The van der Waals surface area contributed by atoms with Crippen LogP contribution in [0.4, 0.5) is 4.39 Å². The first-order valence-corrected chi connectivity index (χ1v) is 9.76. The van der Waals surface area contributed by atoms with Gasteiger partial charge in [0.25, 0.3) is 0 Å². The molecule has 0 radical (unpaired) electrons. The number of benzene rings is 2. The summed E-state index contributed by atoms with van der Waals surface area (Å²) in [6, 6.07) is 14.4. The second-order valence-corrected chi connectivity index (χ2v) is 7.05. The zero-order chi connectivity index (χ0) is 18.9. The van der Waals surface area contributed by atoms with Crippen molar-refractivity contribution in [2.75, 3.05) is 26.2 Å². The second-order valence-electron chi connectivity index (χ2n) is 7.05. The van der Waals surface area contributed by atoms with Gasteiger partial charge in [-0.1, -0.05) is 42.5 Å². The van der Waals surface area contributed by atoms with E-state index in [4.69, 9.17) is 4.74 Å². The molecule has 1 aliphatic heterocycles. The minimum Gasteiger partial charge on any atom is -0.493 e. The van der Waals surface area contributed by atoms with E-state index in [2.05, 4.69) is 4.90 Å². The number of rotatable bonds is 8. The number of unbranched alkanes of at least 4 members (excludes halogenated alkanes) is 1. The van der Waals surface area contributed by atoms with E-state index in [1.165, 1.54) is 12.1 Å². The average Bonchev–Trinajstić information content (AvgIpc) is 2.69. The Balaban J connectivity index is 1.44. The highest BCUT2D eigenvalue weighted by molar-refractivity contribution is 5.72. The van der Waals surface area contributed by atoms with Crippen LogP contribution in [0.15, 0.2) is 48.5 Å². The monoisotopic (exact) mass is 369 g/mol. The minimum absolute atomic E-state index is 0.107. The summed E-state index contributed by atoms with van der Waals surface area (Å²) in [4.78, 5) is 2.42. The minimum atomic E-state index is -0.225. The van der Waals surface area contributed by atoms with Crippen LogP contribution in [0, 0.1) is 5.82 Å². The predicted octanol–water partition coefficient (Wildman–Crippen LogP) is 4.61. The molecule has 0 aromatic heterocycles. The van der Waals surface area contributed by atoms with Gasteiger partial charge in [0.15, 0.2) is 0 Å². The van der Waals surface area contributed by atoms with Crippen molar-refractivity contribution >= 4 is 12.2 Å². The summed E-state index contributed by atoms with van der Waals surface area (Å²) in [5.41, 5.74) is 1.98. The maximum Gasteiger partial charge on any atom is 0.126 e. The summed E-state index contributed by atoms with van der Waals surface area (Å²) < 4.78 is 19.0. The first-order chi connectivity index (χ1) is 13.2. The smallest absolute Gasteiger partial charge is 0.126 e. The Bertz CT molecular complexity index is 721. The standard InChI is InChI=1S/C23H28FNO2/c24-21-11-8-19(9-12-21)7-10-20-5-1-2-6-23(20)27-18-4-3-15-25-16-13-22(26)14-17-25/h1-2,5-12,22,26H,3-4,13-18H2/b10-7+. The Labute approximate surface area is 161 Å². The van der Waals surface area contributed by atoms with E-state index in [0.717, 1.165) is 62.2 Å². The molecule has 3 rings (SSSR count). The maximum atomic E-state index is 13.0. The van der Waals surface area contributed by atoms with Crippen LogP contribution in [0.1, 0.15) is 36.8 Å². The molecular formula is C23H28FNO2. The number of hydrogen-bond donors (Lipinski definition) is 1. The first-order valence-electron chi connectivity index (χ1n) is 9.76. The normalized spacial score (nSPS) is 16.1. The van der Waals surface area contributed by atoms with Gasteiger partial charge in [-0.15, -0.1) is 0 Å². The van der Waals surface area contributed by atoms with E-state index < -0.39 is 0 Å². The molecular weight excluding hydrogens is 341 g/mol. The van der Waals surface area contributed by atoms with Gasteiger partial charge in [-0.05, 0) is 56.0 Å². The zero-order valence-electron chi connectivity index (χ0n) is 15.7. The van der Waals surface area contributed by atoms with E-state index >= 15 is 0 Å². The van der Waals surface area contributed by atoms with Crippen LogP contribution in [0.5, 0.6) is 5.75 Å². The maximum absolute atomic E-state index is 13.0. The van der Waals surface area contributed by atoms with E-state index in [0.29, 0.717) is 6.61 Å². The number of para-hydroxylation sites is 1. The van der Waals surface area contributed by atoms with Crippen LogP contribution in [0.25, 0.3) is 12.2 Å². The van der Waals surface area contributed by atoms with Crippen molar-refractivity contribution < 1.29 is 14.2 Å². The van der Waals surface area contributed by atoms with Crippen molar-refractivity contribution in [3.05, 3.63) is 65.5 Å². The number of hydrogen-bond acceptors (Lipinski definition) is 3. The van der Waals surface area contributed by atoms with Gasteiger partial charge >= 0.3 is 0 Å². The summed E-state index contributed by atoms with van der Waals surface area (Å²) in [7, 11) is 0. The largest absolute Gasteiger partial charge is 0.493 e. The van der Waals surface area contributed by atoms with Gasteiger partial charge in [-0.2, -0.15) is 0 Å². The van der Waals surface area contributed by atoms with Gasteiger partial charge in [-0.25, -0.2) is 4.39 Å². The lowest BCUT2D eigenvalue weighted by atomic mass is 10.1. The average molecular weight is 369 g/mol. The molecule has 27 heavy (non-hydrogen) atoms. The van der Waals surface area contributed by atoms with Gasteiger partial charge in [-0.3, -0.25) is 0 Å². The number of piperidine rings is 1. The molecule has 144 valence electrons. The van der Waals surface area contributed by atoms with Crippen LogP contribution in [0.2, 0.25) is 0 Å². The molecule has 0 unspecified atom stereocenters. The van der Waals surface area contributed by atoms with Crippen molar-refractivity contribution in [1.82, 2.24) is 4.90 Å². The van der Waals surface area contributed by atoms with E-state index in [1.807, 2.05) is 36.4 Å². The van der Waals surface area contributed by atoms with Gasteiger partial charge in [0, 0.05) is 18.7 Å². The third-order valence-corrected chi connectivity index (χ3v) is 4.93. The molecule has 0 bridgehead atoms. The molecule has 1 fully saturated rings. The molecule has 1 aliphatic rings. The fourth-order valence-electron chi connectivity index (χ4n) is 3.27. The summed E-state index contributed by atoms with van der Waals surface area (Å²) >= 11 is 0. The van der Waals surface area contributed by atoms with Crippen LogP contribution in [-0.4, -0.2) is 42.4 Å². The van der Waals surface area contributed by atoms with Crippen molar-refractivity contribution in [2.45, 2.75) is 31.8 Å². The highest BCUT2D eigenvalue weighted by atomic mass is 19.1. The molecule has 3 nitrogen and oxygen atoms in total. The van der Waals surface area contributed by atoms with Crippen molar-refractivity contribution in [1.29, 1.82) is 0 Å². The van der Waals surface area contributed by atoms with Crippen LogP contribution < -0.4 is 4.74 Å². The lowest BCUT2D eigenvalue weighted by molar-refractivity contribution is 0.0812. The Morgan fingerprint density at radius 1 is 1.00 bits per heavy atom. The lowest BCUT2D eigenvalue weighted by Gasteiger charge is -2.29. The fraction of sp³-hybridized carbons (Fsp3) is 0.391.